The van der Waals surface area contributed by atoms with Crippen LogP contribution in [-0.2, 0) is 19.1 Å². The molecule has 0 saturated carbocycles. The van der Waals surface area contributed by atoms with Gasteiger partial charge in [0.1, 0.15) is 13.2 Å². The molecular formula is C10H10Cl2O4. The molecule has 0 fully saturated rings. The number of hydrogen-bond acceptors (Lipinski definition) is 4. The average molecular weight is 265 g/mol. The molecule has 0 atom stereocenters. The van der Waals surface area contributed by atoms with Gasteiger partial charge in [-0.05, 0) is 0 Å². The molecule has 4 nitrogen and oxygen atoms in total. The Morgan fingerprint density at radius 2 is 1.25 bits per heavy atom. The average Bonchev–Trinajstić information content (AvgIpc) is 2.30. The summed E-state index contributed by atoms with van der Waals surface area (Å²) in [5.41, 5.74) is 0. The standard InChI is InChI=1S/C10H10Cl2O4/c1-3-5-15-9(13)7(11)8(12)10(14)16-6-4-2/h3-4H,1-2,5-6H2/b8-7-. The quantitative estimate of drug-likeness (QED) is 0.419. The molecular weight excluding hydrogens is 255 g/mol. The highest BCUT2D eigenvalue weighted by Crippen LogP contribution is 2.17. The Balaban J connectivity index is 4.54. The van der Waals surface area contributed by atoms with Crippen LogP contribution >= 0.6 is 23.2 Å². The lowest BCUT2D eigenvalue weighted by Gasteiger charge is -2.03. The lowest BCUT2D eigenvalue weighted by Crippen LogP contribution is -2.11. The molecule has 0 amide bonds. The molecule has 0 unspecified atom stereocenters. The van der Waals surface area contributed by atoms with Crippen LogP contribution in [0.3, 0.4) is 0 Å². The number of ether oxygens (including phenoxy) is 2. The predicted octanol–water partition coefficient (Wildman–Crippen LogP) is 2.13. The number of carbonyl (C=O) groups excluding carboxylic acids is 2. The summed E-state index contributed by atoms with van der Waals surface area (Å²) in [7, 11) is 0. The third-order valence-corrected chi connectivity index (χ3v) is 2.00. The summed E-state index contributed by atoms with van der Waals surface area (Å²) in [6, 6.07) is 0. The van der Waals surface area contributed by atoms with Crippen LogP contribution in [0.5, 0.6) is 0 Å². The summed E-state index contributed by atoms with van der Waals surface area (Å²) in [4.78, 5) is 22.3. The second-order valence-corrected chi connectivity index (χ2v) is 3.16. The highest BCUT2D eigenvalue weighted by atomic mass is 35.5. The molecule has 0 bridgehead atoms. The van der Waals surface area contributed by atoms with E-state index in [1.165, 1.54) is 12.2 Å². The van der Waals surface area contributed by atoms with E-state index < -0.39 is 22.0 Å². The van der Waals surface area contributed by atoms with E-state index in [9.17, 15) is 9.59 Å². The molecule has 16 heavy (non-hydrogen) atoms. The van der Waals surface area contributed by atoms with Crippen LogP contribution < -0.4 is 0 Å². The monoisotopic (exact) mass is 264 g/mol. The molecule has 0 aliphatic rings. The second-order valence-electron chi connectivity index (χ2n) is 2.40. The van der Waals surface area contributed by atoms with E-state index in [0.29, 0.717) is 0 Å². The van der Waals surface area contributed by atoms with E-state index in [1.807, 2.05) is 0 Å². The number of rotatable bonds is 6. The topological polar surface area (TPSA) is 52.6 Å². The van der Waals surface area contributed by atoms with Gasteiger partial charge >= 0.3 is 11.9 Å². The Bertz CT molecular complexity index is 302. The molecule has 0 radical (unpaired) electrons. The van der Waals surface area contributed by atoms with Crippen LogP contribution in [0.15, 0.2) is 35.4 Å². The van der Waals surface area contributed by atoms with Crippen LogP contribution in [-0.4, -0.2) is 25.2 Å². The Morgan fingerprint density at radius 3 is 1.50 bits per heavy atom. The zero-order valence-electron chi connectivity index (χ0n) is 8.37. The number of halogens is 2. The smallest absolute Gasteiger partial charge is 0.351 e. The highest BCUT2D eigenvalue weighted by molar-refractivity contribution is 6.53. The van der Waals surface area contributed by atoms with Gasteiger partial charge in [-0.2, -0.15) is 0 Å². The van der Waals surface area contributed by atoms with Crippen LogP contribution in [0, 0.1) is 0 Å². The van der Waals surface area contributed by atoms with Gasteiger partial charge in [0.05, 0.1) is 0 Å². The fraction of sp³-hybridized carbons (Fsp3) is 0.200. The van der Waals surface area contributed by atoms with E-state index in [4.69, 9.17) is 23.2 Å². The normalized spacial score (nSPS) is 11.1. The van der Waals surface area contributed by atoms with Crippen molar-refractivity contribution in [3.63, 3.8) is 0 Å². The molecule has 0 aromatic heterocycles. The first kappa shape index (κ1) is 14.7. The van der Waals surface area contributed by atoms with Gasteiger partial charge in [-0.1, -0.05) is 48.5 Å². The van der Waals surface area contributed by atoms with E-state index in [-0.39, 0.29) is 13.2 Å². The molecule has 0 aromatic rings. The third-order valence-electron chi connectivity index (χ3n) is 1.22. The Hall–Kier alpha value is -1.26. The van der Waals surface area contributed by atoms with Crippen molar-refractivity contribution >= 4 is 35.1 Å². The minimum absolute atomic E-state index is 0.0269. The minimum Gasteiger partial charge on any atom is -0.457 e. The summed E-state index contributed by atoms with van der Waals surface area (Å²) in [6.45, 7) is 6.63. The number of carbonyl (C=O) groups is 2. The lowest BCUT2D eigenvalue weighted by molar-refractivity contribution is -0.140. The van der Waals surface area contributed by atoms with Crippen molar-refractivity contribution in [1.29, 1.82) is 0 Å². The summed E-state index contributed by atoms with van der Waals surface area (Å²) in [6.07, 6.45) is 2.71. The van der Waals surface area contributed by atoms with Gasteiger partial charge < -0.3 is 9.47 Å². The minimum atomic E-state index is -0.915. The van der Waals surface area contributed by atoms with Gasteiger partial charge in [-0.15, -0.1) is 0 Å². The first-order valence-corrected chi connectivity index (χ1v) is 4.91. The van der Waals surface area contributed by atoms with Crippen LogP contribution in [0.4, 0.5) is 0 Å². The van der Waals surface area contributed by atoms with E-state index in [0.717, 1.165) is 0 Å². The Morgan fingerprint density at radius 1 is 0.938 bits per heavy atom. The third kappa shape index (κ3) is 5.00. The molecule has 0 aliphatic carbocycles. The summed E-state index contributed by atoms with van der Waals surface area (Å²) < 4.78 is 9.14. The first-order chi connectivity index (χ1) is 7.54. The molecule has 0 aromatic carbocycles. The largest absolute Gasteiger partial charge is 0.457 e. The lowest BCUT2D eigenvalue weighted by atomic mass is 10.5. The Kier molecular flexibility index (Phi) is 7.33. The summed E-state index contributed by atoms with van der Waals surface area (Å²) in [5.74, 6) is -1.83. The molecule has 0 heterocycles. The van der Waals surface area contributed by atoms with Gasteiger partial charge in [0.2, 0.25) is 0 Å². The fourth-order valence-electron chi connectivity index (χ4n) is 0.575. The van der Waals surface area contributed by atoms with Crippen molar-refractivity contribution in [3.05, 3.63) is 35.4 Å². The van der Waals surface area contributed by atoms with Gasteiger partial charge in [0.25, 0.3) is 0 Å². The number of esters is 2. The molecule has 0 aliphatic heterocycles. The van der Waals surface area contributed by atoms with Crippen molar-refractivity contribution < 1.29 is 19.1 Å². The van der Waals surface area contributed by atoms with Gasteiger partial charge in [-0.25, -0.2) is 9.59 Å². The van der Waals surface area contributed by atoms with E-state index >= 15 is 0 Å². The van der Waals surface area contributed by atoms with Crippen molar-refractivity contribution in [2.24, 2.45) is 0 Å². The van der Waals surface area contributed by atoms with Crippen molar-refractivity contribution in [2.75, 3.05) is 13.2 Å². The second kappa shape index (κ2) is 7.96. The SMILES string of the molecule is C=CCOC(=O)/C(Cl)=C(/Cl)C(=O)OCC=C. The zero-order chi connectivity index (χ0) is 12.6. The Labute approximate surface area is 103 Å². The molecule has 0 rings (SSSR count). The van der Waals surface area contributed by atoms with Crippen LogP contribution in [0.25, 0.3) is 0 Å². The summed E-state index contributed by atoms with van der Waals surface area (Å²) in [5, 5.41) is -1.06. The fourth-order valence-corrected chi connectivity index (χ4v) is 0.839. The molecule has 88 valence electrons. The molecule has 0 N–H and O–H groups in total. The first-order valence-electron chi connectivity index (χ1n) is 4.15. The highest BCUT2D eigenvalue weighted by Gasteiger charge is 2.19. The zero-order valence-corrected chi connectivity index (χ0v) is 9.88. The van der Waals surface area contributed by atoms with Crippen LogP contribution in [0.1, 0.15) is 0 Å². The predicted molar refractivity (Wildman–Crippen MR) is 61.0 cm³/mol. The summed E-state index contributed by atoms with van der Waals surface area (Å²) >= 11 is 11.0. The van der Waals surface area contributed by atoms with Gasteiger partial charge in [0, 0.05) is 0 Å². The van der Waals surface area contributed by atoms with E-state index in [1.54, 1.807) is 0 Å². The molecule has 6 heteroatoms. The molecule has 0 saturated heterocycles. The molecule has 0 spiro atoms. The number of hydrogen-bond donors (Lipinski definition) is 0. The maximum Gasteiger partial charge on any atom is 0.351 e. The van der Waals surface area contributed by atoms with Crippen molar-refractivity contribution in [3.8, 4) is 0 Å². The van der Waals surface area contributed by atoms with Gasteiger partial charge in [-0.3, -0.25) is 0 Å². The van der Waals surface area contributed by atoms with Gasteiger partial charge in [0.15, 0.2) is 10.1 Å². The van der Waals surface area contributed by atoms with Crippen molar-refractivity contribution in [1.82, 2.24) is 0 Å². The van der Waals surface area contributed by atoms with Crippen molar-refractivity contribution in [2.45, 2.75) is 0 Å². The maximum absolute atomic E-state index is 11.1. The van der Waals surface area contributed by atoms with Crippen LogP contribution in [0.2, 0.25) is 0 Å². The van der Waals surface area contributed by atoms with E-state index in [2.05, 4.69) is 22.6 Å². The maximum atomic E-state index is 11.1.